The largest absolute Gasteiger partial charge is 0.478 e. The molecule has 0 aliphatic carbocycles. The van der Waals surface area contributed by atoms with E-state index in [4.69, 9.17) is 36.7 Å². The van der Waals surface area contributed by atoms with Gasteiger partial charge < -0.3 is 30.4 Å². The van der Waals surface area contributed by atoms with Crippen molar-refractivity contribution in [2.45, 2.75) is 19.8 Å². The number of aromatic carboxylic acids is 1. The number of nitrogens with two attached hydrogens (primary N) is 1. The number of methoxy groups -OCH3 is 1. The molecule has 4 N–H and O–H groups in total. The van der Waals surface area contributed by atoms with Gasteiger partial charge in [0.25, 0.3) is 0 Å². The number of carboxylic acids is 1. The number of esters is 2. The van der Waals surface area contributed by atoms with Crippen molar-refractivity contribution in [2.24, 2.45) is 5.73 Å². The van der Waals surface area contributed by atoms with Crippen LogP contribution >= 0.6 is 11.6 Å². The smallest absolute Gasteiger partial charge is 0.336 e. The van der Waals surface area contributed by atoms with Gasteiger partial charge in [-0.25, -0.2) is 14.4 Å². The fourth-order valence-electron chi connectivity index (χ4n) is 3.70. The molecule has 1 aliphatic heterocycles. The van der Waals surface area contributed by atoms with Crippen LogP contribution in [0, 0.1) is 0 Å². The fraction of sp³-hybridized carbons (Fsp3) is 0.296. The molecule has 9 nitrogen and oxygen atoms in total. The van der Waals surface area contributed by atoms with Crippen LogP contribution in [0.1, 0.15) is 35.7 Å². The molecular formula is C27H31ClN2O7. The van der Waals surface area contributed by atoms with E-state index in [0.29, 0.717) is 46.3 Å². The van der Waals surface area contributed by atoms with Gasteiger partial charge in [-0.2, -0.15) is 0 Å². The Labute approximate surface area is 220 Å². The van der Waals surface area contributed by atoms with E-state index in [9.17, 15) is 14.4 Å². The van der Waals surface area contributed by atoms with Gasteiger partial charge >= 0.3 is 17.9 Å². The molecule has 1 heterocycles. The van der Waals surface area contributed by atoms with Crippen LogP contribution in [0.2, 0.25) is 5.02 Å². The Balaban J connectivity index is 0.000000449. The lowest BCUT2D eigenvalue weighted by atomic mass is 9.80. The fourth-order valence-corrected chi connectivity index (χ4v) is 3.94. The summed E-state index contributed by atoms with van der Waals surface area (Å²) in [4.78, 5) is 35.7. The van der Waals surface area contributed by atoms with Crippen LogP contribution in [0.3, 0.4) is 0 Å². The Hall–Kier alpha value is -3.66. The number of carbonyl (C=O) groups is 3. The summed E-state index contributed by atoms with van der Waals surface area (Å²) in [6.07, 6.45) is 0. The first-order valence-electron chi connectivity index (χ1n) is 11.5. The summed E-state index contributed by atoms with van der Waals surface area (Å²) in [7, 11) is 1.29. The summed E-state index contributed by atoms with van der Waals surface area (Å²) in [6.45, 7) is 4.42. The SMILES string of the molecule is CCOC(=O)C1=C(COCCN)NC(C)=C(C(=O)OC)C1c1ccccc1Cl.O=C(O)c1ccccc1. The number of dihydropyridines is 1. The predicted octanol–water partition coefficient (Wildman–Crippen LogP) is 3.65. The monoisotopic (exact) mass is 530 g/mol. The highest BCUT2D eigenvalue weighted by Gasteiger charge is 2.39. The molecule has 1 atom stereocenters. The maximum atomic E-state index is 12.9. The van der Waals surface area contributed by atoms with Crippen molar-refractivity contribution < 1.29 is 33.7 Å². The van der Waals surface area contributed by atoms with E-state index < -0.39 is 23.8 Å². The average molecular weight is 531 g/mol. The van der Waals surface area contributed by atoms with Crippen LogP contribution in [0.5, 0.6) is 0 Å². The highest BCUT2D eigenvalue weighted by Crippen LogP contribution is 2.41. The van der Waals surface area contributed by atoms with Crippen LogP contribution < -0.4 is 11.1 Å². The van der Waals surface area contributed by atoms with E-state index in [1.165, 1.54) is 7.11 Å². The Bertz CT molecular complexity index is 1160. The van der Waals surface area contributed by atoms with Gasteiger partial charge in [0.05, 0.1) is 55.3 Å². The minimum absolute atomic E-state index is 0.109. The second-order valence-electron chi connectivity index (χ2n) is 7.73. The van der Waals surface area contributed by atoms with Gasteiger partial charge in [-0.05, 0) is 37.6 Å². The maximum absolute atomic E-state index is 12.9. The highest BCUT2D eigenvalue weighted by atomic mass is 35.5. The standard InChI is InChI=1S/C20H25ClN2O5.C7H6O2/c1-4-28-20(25)18-15(11-27-10-9-22)23-12(2)16(19(24)26-3)17(18)13-7-5-6-8-14(13)21;8-7(9)6-4-2-1-3-5-6/h5-8,17,23H,4,9-11,22H2,1-3H3;1-5H,(H,8,9). The first-order valence-corrected chi connectivity index (χ1v) is 11.9. The minimum Gasteiger partial charge on any atom is -0.478 e. The zero-order valence-corrected chi connectivity index (χ0v) is 21.7. The van der Waals surface area contributed by atoms with E-state index in [-0.39, 0.29) is 18.8 Å². The number of hydrogen-bond acceptors (Lipinski definition) is 8. The molecule has 3 rings (SSSR count). The zero-order chi connectivity index (χ0) is 27.4. The second kappa shape index (κ2) is 14.8. The van der Waals surface area contributed by atoms with Crippen molar-refractivity contribution in [1.82, 2.24) is 5.32 Å². The third-order valence-corrected chi connectivity index (χ3v) is 5.64. The Kier molecular flexibility index (Phi) is 11.8. The van der Waals surface area contributed by atoms with Crippen LogP contribution in [0.25, 0.3) is 0 Å². The van der Waals surface area contributed by atoms with Crippen LogP contribution in [0.15, 0.2) is 77.1 Å². The normalized spacial score (nSPS) is 14.8. The molecule has 1 aliphatic rings. The number of carboxylic acid groups (broad SMARTS) is 1. The molecule has 2 aromatic rings. The molecule has 0 saturated heterocycles. The highest BCUT2D eigenvalue weighted by molar-refractivity contribution is 6.31. The molecule has 0 bridgehead atoms. The lowest BCUT2D eigenvalue weighted by molar-refractivity contribution is -0.139. The molecule has 0 aromatic heterocycles. The van der Waals surface area contributed by atoms with Crippen LogP contribution in [0.4, 0.5) is 0 Å². The summed E-state index contributed by atoms with van der Waals surface area (Å²) in [5, 5.41) is 11.9. The number of hydrogen-bond donors (Lipinski definition) is 3. The van der Waals surface area contributed by atoms with Gasteiger partial charge in [0.15, 0.2) is 0 Å². The van der Waals surface area contributed by atoms with E-state index in [2.05, 4.69) is 5.32 Å². The first kappa shape index (κ1) is 29.6. The van der Waals surface area contributed by atoms with E-state index in [0.717, 1.165) is 0 Å². The number of nitrogens with one attached hydrogen (secondary N) is 1. The quantitative estimate of drug-likeness (QED) is 0.327. The number of benzene rings is 2. The van der Waals surface area contributed by atoms with Crippen LogP contribution in [-0.2, 0) is 23.8 Å². The summed E-state index contributed by atoms with van der Waals surface area (Å²) in [5.74, 6) is -2.74. The van der Waals surface area contributed by atoms with Gasteiger partial charge in [-0.1, -0.05) is 48.0 Å². The number of rotatable bonds is 9. The van der Waals surface area contributed by atoms with Gasteiger partial charge in [-0.15, -0.1) is 0 Å². The van der Waals surface area contributed by atoms with Crippen molar-refractivity contribution >= 4 is 29.5 Å². The Morgan fingerprint density at radius 3 is 2.22 bits per heavy atom. The molecule has 0 amide bonds. The lowest BCUT2D eigenvalue weighted by Gasteiger charge is -2.31. The molecule has 37 heavy (non-hydrogen) atoms. The number of carbonyl (C=O) groups excluding carboxylic acids is 2. The Morgan fingerprint density at radius 1 is 1.03 bits per heavy atom. The van der Waals surface area contributed by atoms with Gasteiger partial charge in [-0.3, -0.25) is 0 Å². The number of halogens is 1. The number of allylic oxidation sites excluding steroid dienone is 1. The lowest BCUT2D eigenvalue weighted by Crippen LogP contribution is -2.35. The molecule has 0 saturated carbocycles. The molecule has 2 aromatic carbocycles. The molecule has 0 spiro atoms. The summed E-state index contributed by atoms with van der Waals surface area (Å²) in [5.41, 5.74) is 8.03. The van der Waals surface area contributed by atoms with E-state index in [1.54, 1.807) is 68.4 Å². The molecule has 0 radical (unpaired) electrons. The van der Waals surface area contributed by atoms with Gasteiger partial charge in [0, 0.05) is 17.3 Å². The summed E-state index contributed by atoms with van der Waals surface area (Å²) in [6, 6.07) is 15.3. The van der Waals surface area contributed by atoms with Crippen LogP contribution in [-0.4, -0.2) is 56.5 Å². The molecule has 10 heteroatoms. The first-order chi connectivity index (χ1) is 17.8. The van der Waals surface area contributed by atoms with Crippen molar-refractivity contribution in [3.8, 4) is 0 Å². The topological polar surface area (TPSA) is 137 Å². The van der Waals surface area contributed by atoms with Gasteiger partial charge in [0.1, 0.15) is 0 Å². The maximum Gasteiger partial charge on any atom is 0.336 e. The summed E-state index contributed by atoms with van der Waals surface area (Å²) < 4.78 is 15.8. The zero-order valence-electron chi connectivity index (χ0n) is 21.0. The molecule has 198 valence electrons. The molecule has 0 fully saturated rings. The third-order valence-electron chi connectivity index (χ3n) is 5.29. The average Bonchev–Trinajstić information content (AvgIpc) is 2.89. The molecule has 1 unspecified atom stereocenters. The second-order valence-corrected chi connectivity index (χ2v) is 8.14. The van der Waals surface area contributed by atoms with Crippen molar-refractivity contribution in [2.75, 3.05) is 33.5 Å². The summed E-state index contributed by atoms with van der Waals surface area (Å²) >= 11 is 6.42. The predicted molar refractivity (Wildman–Crippen MR) is 139 cm³/mol. The van der Waals surface area contributed by atoms with Crippen molar-refractivity contribution in [1.29, 1.82) is 0 Å². The Morgan fingerprint density at radius 2 is 1.68 bits per heavy atom. The van der Waals surface area contributed by atoms with Gasteiger partial charge in [0.2, 0.25) is 0 Å². The molecular weight excluding hydrogens is 500 g/mol. The van der Waals surface area contributed by atoms with E-state index >= 15 is 0 Å². The van der Waals surface area contributed by atoms with E-state index in [1.807, 2.05) is 0 Å². The van der Waals surface area contributed by atoms with Crippen molar-refractivity contribution in [3.05, 3.63) is 93.3 Å². The minimum atomic E-state index is -0.879. The number of ether oxygens (including phenoxy) is 3. The third kappa shape index (κ3) is 7.91. The van der Waals surface area contributed by atoms with Crippen molar-refractivity contribution in [3.63, 3.8) is 0 Å².